The van der Waals surface area contributed by atoms with E-state index in [0.717, 1.165) is 29.1 Å². The molecule has 0 aliphatic rings. The number of amides is 2. The molecule has 13 heteroatoms. The summed E-state index contributed by atoms with van der Waals surface area (Å²) in [7, 11) is 1.80. The van der Waals surface area contributed by atoms with Gasteiger partial charge < -0.3 is 15.2 Å². The molecule has 1 atom stereocenters. The molecule has 2 amide bonds. The molecule has 0 saturated heterocycles. The Labute approximate surface area is 195 Å². The van der Waals surface area contributed by atoms with E-state index in [-0.39, 0.29) is 22.0 Å². The molecule has 0 radical (unpaired) electrons. The van der Waals surface area contributed by atoms with Gasteiger partial charge in [-0.15, -0.1) is 11.3 Å². The molecule has 34 heavy (non-hydrogen) atoms. The van der Waals surface area contributed by atoms with Crippen LogP contribution in [0.2, 0.25) is 0 Å². The van der Waals surface area contributed by atoms with Crippen molar-refractivity contribution < 1.29 is 22.8 Å². The molecule has 4 aromatic rings. The topological polar surface area (TPSA) is 115 Å². The third-order valence-corrected chi connectivity index (χ3v) is 6.14. The van der Waals surface area contributed by atoms with E-state index in [1.807, 2.05) is 0 Å². The molecular weight excluding hydrogens is 471 g/mol. The summed E-state index contributed by atoms with van der Waals surface area (Å²) in [5, 5.41) is 5.56. The van der Waals surface area contributed by atoms with Gasteiger partial charge in [0.05, 0.1) is 35.8 Å². The quantitative estimate of drug-likeness (QED) is 0.440. The first kappa shape index (κ1) is 23.3. The second-order valence-electron chi connectivity index (χ2n) is 7.51. The fourth-order valence-corrected chi connectivity index (χ4v) is 3.97. The van der Waals surface area contributed by atoms with Gasteiger partial charge in [0.2, 0.25) is 0 Å². The van der Waals surface area contributed by atoms with E-state index in [1.54, 1.807) is 30.9 Å². The lowest BCUT2D eigenvalue weighted by atomic mass is 10.1. The van der Waals surface area contributed by atoms with Crippen LogP contribution in [0.3, 0.4) is 0 Å². The Balaban J connectivity index is 1.44. The van der Waals surface area contributed by atoms with Crippen LogP contribution in [0, 0.1) is 6.92 Å². The average molecular weight is 489 g/mol. The summed E-state index contributed by atoms with van der Waals surface area (Å²) in [5.41, 5.74) is 0.681. The maximum atomic E-state index is 13.1. The second kappa shape index (κ2) is 8.82. The summed E-state index contributed by atoms with van der Waals surface area (Å²) in [6, 6.07) is 1.86. The van der Waals surface area contributed by atoms with Gasteiger partial charge in [-0.2, -0.15) is 13.2 Å². The van der Waals surface area contributed by atoms with Crippen molar-refractivity contribution >= 4 is 40.0 Å². The molecule has 4 aromatic heterocycles. The van der Waals surface area contributed by atoms with Gasteiger partial charge in [0, 0.05) is 13.2 Å². The molecule has 1 unspecified atom stereocenters. The van der Waals surface area contributed by atoms with Crippen molar-refractivity contribution in [2.75, 3.05) is 5.32 Å². The number of hydrogen-bond donors (Lipinski definition) is 2. The molecule has 0 aliphatic heterocycles. The van der Waals surface area contributed by atoms with Crippen LogP contribution < -0.4 is 10.6 Å². The van der Waals surface area contributed by atoms with Crippen LogP contribution in [0.15, 0.2) is 37.1 Å². The Morgan fingerprint density at radius 2 is 1.82 bits per heavy atom. The predicted octanol–water partition coefficient (Wildman–Crippen LogP) is 3.89. The number of carbonyl (C=O) groups excluding carboxylic acids is 2. The SMILES string of the molecule is Cc1cnc(NC(=O)c2cnc(C(C)NC(=O)c3cc4c(cn3)ncn4C)s2)cc1C(F)(F)F. The van der Waals surface area contributed by atoms with E-state index in [9.17, 15) is 22.8 Å². The van der Waals surface area contributed by atoms with Gasteiger partial charge in [-0.25, -0.2) is 19.9 Å². The number of rotatable bonds is 5. The number of nitrogens with zero attached hydrogens (tertiary/aromatic N) is 5. The number of aryl methyl sites for hydroxylation is 2. The molecule has 0 fully saturated rings. The summed E-state index contributed by atoms with van der Waals surface area (Å²) in [5.74, 6) is -1.31. The second-order valence-corrected chi connectivity index (χ2v) is 8.57. The minimum absolute atomic E-state index is 0.0489. The standard InChI is InChI=1S/C21H18F3N7O2S/c1-10-6-26-17(4-12(10)21(22,23)24)30-19(33)16-8-27-20(34-16)11(2)29-18(32)13-5-15-14(7-25-13)28-9-31(15)3/h4-9,11H,1-3H3,(H,29,32)(H,26,30,33). The summed E-state index contributed by atoms with van der Waals surface area (Å²) >= 11 is 1.00. The third-order valence-electron chi connectivity index (χ3n) is 4.96. The van der Waals surface area contributed by atoms with Gasteiger partial charge in [0.25, 0.3) is 11.8 Å². The van der Waals surface area contributed by atoms with E-state index < -0.39 is 29.6 Å². The molecule has 0 aromatic carbocycles. The van der Waals surface area contributed by atoms with Crippen LogP contribution >= 0.6 is 11.3 Å². The first-order valence-electron chi connectivity index (χ1n) is 9.92. The Morgan fingerprint density at radius 1 is 1.06 bits per heavy atom. The molecule has 0 bridgehead atoms. The molecule has 4 rings (SSSR count). The van der Waals surface area contributed by atoms with E-state index >= 15 is 0 Å². The first-order chi connectivity index (χ1) is 16.0. The lowest BCUT2D eigenvalue weighted by molar-refractivity contribution is -0.138. The molecule has 0 aliphatic carbocycles. The number of aromatic nitrogens is 5. The van der Waals surface area contributed by atoms with Crippen molar-refractivity contribution in [3.05, 3.63) is 63.8 Å². The number of fused-ring (bicyclic) bond motifs is 1. The molecule has 0 saturated carbocycles. The molecule has 0 spiro atoms. The fourth-order valence-electron chi connectivity index (χ4n) is 3.16. The molecular formula is C21H18F3N7O2S. The first-order valence-corrected chi connectivity index (χ1v) is 10.7. The normalized spacial score (nSPS) is 12.5. The Bertz CT molecular complexity index is 1400. The predicted molar refractivity (Wildman–Crippen MR) is 118 cm³/mol. The fraction of sp³-hybridized carbons (Fsp3) is 0.238. The molecule has 176 valence electrons. The summed E-state index contributed by atoms with van der Waals surface area (Å²) < 4.78 is 41.1. The number of alkyl halides is 3. The lowest BCUT2D eigenvalue weighted by Crippen LogP contribution is -2.27. The van der Waals surface area contributed by atoms with Gasteiger partial charge in [-0.1, -0.05) is 0 Å². The van der Waals surface area contributed by atoms with Gasteiger partial charge in [-0.05, 0) is 31.5 Å². The van der Waals surface area contributed by atoms with Gasteiger partial charge in [0.1, 0.15) is 26.9 Å². The smallest absolute Gasteiger partial charge is 0.342 e. The number of halogens is 3. The largest absolute Gasteiger partial charge is 0.416 e. The number of carbonyl (C=O) groups is 2. The van der Waals surface area contributed by atoms with Gasteiger partial charge >= 0.3 is 6.18 Å². The van der Waals surface area contributed by atoms with Crippen molar-refractivity contribution in [2.45, 2.75) is 26.1 Å². The average Bonchev–Trinajstić information content (AvgIpc) is 3.41. The highest BCUT2D eigenvalue weighted by Gasteiger charge is 2.33. The highest BCUT2D eigenvalue weighted by atomic mass is 32.1. The van der Waals surface area contributed by atoms with E-state index in [2.05, 4.69) is 30.6 Å². The zero-order valence-corrected chi connectivity index (χ0v) is 19.0. The Morgan fingerprint density at radius 3 is 2.56 bits per heavy atom. The number of hydrogen-bond acceptors (Lipinski definition) is 7. The van der Waals surface area contributed by atoms with E-state index in [4.69, 9.17) is 0 Å². The Hall–Kier alpha value is -3.87. The van der Waals surface area contributed by atoms with Crippen molar-refractivity contribution in [3.63, 3.8) is 0 Å². The monoisotopic (exact) mass is 489 g/mol. The van der Waals surface area contributed by atoms with Crippen molar-refractivity contribution in [1.82, 2.24) is 29.8 Å². The molecule has 9 nitrogen and oxygen atoms in total. The Kier molecular flexibility index (Phi) is 6.04. The minimum Gasteiger partial charge on any atom is -0.342 e. The highest BCUT2D eigenvalue weighted by Crippen LogP contribution is 2.32. The van der Waals surface area contributed by atoms with Crippen molar-refractivity contribution in [3.8, 4) is 0 Å². The lowest BCUT2D eigenvalue weighted by Gasteiger charge is -2.12. The van der Waals surface area contributed by atoms with E-state index in [0.29, 0.717) is 10.5 Å². The van der Waals surface area contributed by atoms with Gasteiger partial charge in [-0.3, -0.25) is 9.59 Å². The van der Waals surface area contributed by atoms with Crippen LogP contribution in [-0.4, -0.2) is 36.3 Å². The number of nitrogens with one attached hydrogen (secondary N) is 2. The highest BCUT2D eigenvalue weighted by molar-refractivity contribution is 7.13. The number of anilines is 1. The summed E-state index contributed by atoms with van der Waals surface area (Å²) in [4.78, 5) is 41.6. The van der Waals surface area contributed by atoms with Crippen LogP contribution in [0.1, 0.15) is 49.3 Å². The summed E-state index contributed by atoms with van der Waals surface area (Å²) in [6.07, 6.45) is 0.897. The zero-order chi connectivity index (χ0) is 24.6. The maximum Gasteiger partial charge on any atom is 0.416 e. The third kappa shape index (κ3) is 4.73. The van der Waals surface area contributed by atoms with Crippen molar-refractivity contribution in [1.29, 1.82) is 0 Å². The maximum absolute atomic E-state index is 13.1. The summed E-state index contributed by atoms with van der Waals surface area (Å²) in [6.45, 7) is 2.98. The number of imidazole rings is 1. The van der Waals surface area contributed by atoms with Crippen molar-refractivity contribution in [2.24, 2.45) is 7.05 Å². The number of pyridine rings is 2. The van der Waals surface area contributed by atoms with Crippen LogP contribution in [0.4, 0.5) is 19.0 Å². The number of thiazole rings is 1. The van der Waals surface area contributed by atoms with Gasteiger partial charge in [0.15, 0.2) is 0 Å². The molecule has 2 N–H and O–H groups in total. The van der Waals surface area contributed by atoms with E-state index in [1.165, 1.54) is 19.3 Å². The molecule has 4 heterocycles. The zero-order valence-electron chi connectivity index (χ0n) is 18.1. The van der Waals surface area contributed by atoms with Crippen LogP contribution in [-0.2, 0) is 13.2 Å². The minimum atomic E-state index is -4.56. The van der Waals surface area contributed by atoms with Crippen LogP contribution in [0.25, 0.3) is 11.0 Å². The van der Waals surface area contributed by atoms with Crippen LogP contribution in [0.5, 0.6) is 0 Å².